The first-order valence-electron chi connectivity index (χ1n) is 11.1. The highest BCUT2D eigenvalue weighted by Gasteiger charge is 2.25. The smallest absolute Gasteiger partial charge is 0.257 e. The topological polar surface area (TPSA) is 81.8 Å². The number of nitrogens with zero attached hydrogens (tertiary/aromatic N) is 2. The predicted molar refractivity (Wildman–Crippen MR) is 128 cm³/mol. The number of halogens is 2. The van der Waals surface area contributed by atoms with Crippen LogP contribution < -0.4 is 10.6 Å². The van der Waals surface area contributed by atoms with Crippen molar-refractivity contribution in [3.05, 3.63) is 95.6 Å². The van der Waals surface area contributed by atoms with Crippen molar-refractivity contribution in [1.82, 2.24) is 9.80 Å². The largest absolute Gasteiger partial charge is 0.336 e. The van der Waals surface area contributed by atoms with E-state index in [1.54, 1.807) is 35.2 Å². The van der Waals surface area contributed by atoms with Crippen molar-refractivity contribution in [2.45, 2.75) is 0 Å². The Labute approximate surface area is 201 Å². The molecule has 0 aliphatic carbocycles. The molecule has 3 amide bonds. The summed E-state index contributed by atoms with van der Waals surface area (Å²) in [6.45, 7) is 1.74. The van der Waals surface area contributed by atoms with Crippen LogP contribution in [0.3, 0.4) is 0 Å². The molecule has 1 heterocycles. The first-order valence-corrected chi connectivity index (χ1v) is 11.1. The van der Waals surface area contributed by atoms with Crippen molar-refractivity contribution >= 4 is 29.1 Å². The van der Waals surface area contributed by atoms with E-state index in [-0.39, 0.29) is 29.5 Å². The molecule has 180 valence electrons. The fraction of sp³-hybridized carbons (Fsp3) is 0.192. The zero-order valence-corrected chi connectivity index (χ0v) is 18.8. The fourth-order valence-electron chi connectivity index (χ4n) is 3.83. The molecule has 3 aromatic rings. The van der Waals surface area contributed by atoms with E-state index in [0.717, 1.165) is 0 Å². The standard InChI is InChI=1S/C26H24F2N4O3/c27-18-9-11-19(12-10-18)29-25(34)21-6-2-4-8-23(21)30-24(33)17-31-13-15-32(16-14-31)26(35)20-5-1-3-7-22(20)28/h1-12H,13-17H2,(H,29,34)(H,30,33). The second-order valence-corrected chi connectivity index (χ2v) is 8.10. The van der Waals surface area contributed by atoms with Crippen LogP contribution in [0.1, 0.15) is 20.7 Å². The van der Waals surface area contributed by atoms with Gasteiger partial charge in [-0.2, -0.15) is 0 Å². The van der Waals surface area contributed by atoms with Gasteiger partial charge in [-0.1, -0.05) is 24.3 Å². The van der Waals surface area contributed by atoms with Gasteiger partial charge in [0.25, 0.3) is 11.8 Å². The van der Waals surface area contributed by atoms with E-state index in [9.17, 15) is 23.2 Å². The monoisotopic (exact) mass is 478 g/mol. The molecule has 3 aromatic carbocycles. The van der Waals surface area contributed by atoms with Crippen LogP contribution >= 0.6 is 0 Å². The average Bonchev–Trinajstić information content (AvgIpc) is 2.86. The SMILES string of the molecule is O=C(CN1CCN(C(=O)c2ccccc2F)CC1)Nc1ccccc1C(=O)Nc1ccc(F)cc1. The van der Waals surface area contributed by atoms with Crippen molar-refractivity contribution in [3.63, 3.8) is 0 Å². The van der Waals surface area contributed by atoms with E-state index < -0.39 is 17.5 Å². The number of para-hydroxylation sites is 1. The molecule has 7 nitrogen and oxygen atoms in total. The third-order valence-corrected chi connectivity index (χ3v) is 5.68. The molecular weight excluding hydrogens is 454 g/mol. The molecule has 35 heavy (non-hydrogen) atoms. The third kappa shape index (κ3) is 6.07. The molecular formula is C26H24F2N4O3. The minimum absolute atomic E-state index is 0.0363. The maximum Gasteiger partial charge on any atom is 0.257 e. The van der Waals surface area contributed by atoms with Gasteiger partial charge in [0.1, 0.15) is 11.6 Å². The summed E-state index contributed by atoms with van der Waals surface area (Å²) >= 11 is 0. The number of benzene rings is 3. The third-order valence-electron chi connectivity index (χ3n) is 5.68. The number of piperazine rings is 1. The average molecular weight is 478 g/mol. The maximum absolute atomic E-state index is 13.9. The first kappa shape index (κ1) is 24.0. The lowest BCUT2D eigenvalue weighted by molar-refractivity contribution is -0.117. The highest BCUT2D eigenvalue weighted by atomic mass is 19.1. The van der Waals surface area contributed by atoms with Gasteiger partial charge in [0, 0.05) is 31.9 Å². The Balaban J connectivity index is 1.32. The Morgan fingerprint density at radius 3 is 2.06 bits per heavy atom. The van der Waals surface area contributed by atoms with E-state index in [4.69, 9.17) is 0 Å². The second-order valence-electron chi connectivity index (χ2n) is 8.10. The molecule has 2 N–H and O–H groups in total. The van der Waals surface area contributed by atoms with Gasteiger partial charge >= 0.3 is 0 Å². The Hall–Kier alpha value is -4.11. The van der Waals surface area contributed by atoms with Crippen molar-refractivity contribution in [1.29, 1.82) is 0 Å². The van der Waals surface area contributed by atoms with E-state index in [0.29, 0.717) is 37.6 Å². The number of hydrogen-bond acceptors (Lipinski definition) is 4. The van der Waals surface area contributed by atoms with Crippen LogP contribution in [0.2, 0.25) is 0 Å². The number of nitrogens with one attached hydrogen (secondary N) is 2. The van der Waals surface area contributed by atoms with Crippen molar-refractivity contribution in [2.24, 2.45) is 0 Å². The molecule has 0 spiro atoms. The Bertz CT molecular complexity index is 1230. The Kier molecular flexibility index (Phi) is 7.47. The van der Waals surface area contributed by atoms with Crippen LogP contribution in [0.15, 0.2) is 72.8 Å². The lowest BCUT2D eigenvalue weighted by atomic mass is 10.1. The summed E-state index contributed by atoms with van der Waals surface area (Å²) in [5.41, 5.74) is 1.09. The summed E-state index contributed by atoms with van der Waals surface area (Å²) in [4.78, 5) is 41.4. The molecule has 0 unspecified atom stereocenters. The molecule has 0 atom stereocenters. The zero-order chi connectivity index (χ0) is 24.8. The molecule has 1 saturated heterocycles. The fourth-order valence-corrected chi connectivity index (χ4v) is 3.83. The Morgan fingerprint density at radius 1 is 0.743 bits per heavy atom. The van der Waals surface area contributed by atoms with E-state index in [2.05, 4.69) is 10.6 Å². The first-order chi connectivity index (χ1) is 16.9. The van der Waals surface area contributed by atoms with E-state index in [1.165, 1.54) is 42.5 Å². The highest BCUT2D eigenvalue weighted by Crippen LogP contribution is 2.18. The summed E-state index contributed by atoms with van der Waals surface area (Å²) in [6, 6.07) is 17.9. The molecule has 9 heteroatoms. The summed E-state index contributed by atoms with van der Waals surface area (Å²) in [7, 11) is 0. The van der Waals surface area contributed by atoms with Gasteiger partial charge in [-0.25, -0.2) is 8.78 Å². The number of anilines is 2. The van der Waals surface area contributed by atoms with E-state index >= 15 is 0 Å². The predicted octanol–water partition coefficient (Wildman–Crippen LogP) is 3.61. The molecule has 1 aliphatic heterocycles. The molecule has 0 radical (unpaired) electrons. The van der Waals surface area contributed by atoms with Gasteiger partial charge in [-0.05, 0) is 48.5 Å². The number of amides is 3. The molecule has 4 rings (SSSR count). The van der Waals surface area contributed by atoms with Crippen molar-refractivity contribution in [3.8, 4) is 0 Å². The van der Waals surface area contributed by atoms with Crippen LogP contribution in [0, 0.1) is 11.6 Å². The van der Waals surface area contributed by atoms with Crippen LogP contribution in [-0.4, -0.2) is 60.2 Å². The van der Waals surface area contributed by atoms with Crippen molar-refractivity contribution < 1.29 is 23.2 Å². The molecule has 0 saturated carbocycles. The quantitative estimate of drug-likeness (QED) is 0.567. The lowest BCUT2D eigenvalue weighted by Gasteiger charge is -2.34. The lowest BCUT2D eigenvalue weighted by Crippen LogP contribution is -2.50. The number of rotatable bonds is 6. The van der Waals surface area contributed by atoms with Gasteiger partial charge in [-0.3, -0.25) is 19.3 Å². The van der Waals surface area contributed by atoms with Gasteiger partial charge in [0.15, 0.2) is 0 Å². The summed E-state index contributed by atoms with van der Waals surface area (Å²) in [6.07, 6.45) is 0. The summed E-state index contributed by atoms with van der Waals surface area (Å²) in [5, 5.41) is 5.45. The van der Waals surface area contributed by atoms with Crippen LogP contribution in [-0.2, 0) is 4.79 Å². The van der Waals surface area contributed by atoms with Crippen LogP contribution in [0.25, 0.3) is 0 Å². The van der Waals surface area contributed by atoms with Crippen LogP contribution in [0.5, 0.6) is 0 Å². The minimum Gasteiger partial charge on any atom is -0.336 e. The Morgan fingerprint density at radius 2 is 1.37 bits per heavy atom. The van der Waals surface area contributed by atoms with Gasteiger partial charge in [-0.15, -0.1) is 0 Å². The summed E-state index contributed by atoms with van der Waals surface area (Å²) in [5.74, 6) is -2.07. The van der Waals surface area contributed by atoms with Gasteiger partial charge in [0.05, 0.1) is 23.4 Å². The van der Waals surface area contributed by atoms with Crippen molar-refractivity contribution in [2.75, 3.05) is 43.4 Å². The number of hydrogen-bond donors (Lipinski definition) is 2. The van der Waals surface area contributed by atoms with Gasteiger partial charge in [0.2, 0.25) is 5.91 Å². The maximum atomic E-state index is 13.9. The zero-order valence-electron chi connectivity index (χ0n) is 18.8. The summed E-state index contributed by atoms with van der Waals surface area (Å²) < 4.78 is 27.0. The number of carbonyl (C=O) groups is 3. The molecule has 0 aromatic heterocycles. The molecule has 0 bridgehead atoms. The van der Waals surface area contributed by atoms with Crippen LogP contribution in [0.4, 0.5) is 20.2 Å². The molecule has 1 fully saturated rings. The minimum atomic E-state index is -0.554. The number of carbonyl (C=O) groups excluding carboxylic acids is 3. The second kappa shape index (κ2) is 10.9. The van der Waals surface area contributed by atoms with E-state index in [1.807, 2.05) is 4.90 Å². The van der Waals surface area contributed by atoms with Gasteiger partial charge < -0.3 is 15.5 Å². The molecule has 1 aliphatic rings. The highest BCUT2D eigenvalue weighted by molar-refractivity contribution is 6.10. The normalized spacial score (nSPS) is 13.8.